The number of para-hydroxylation sites is 1. The molecule has 1 aliphatic heterocycles. The van der Waals surface area contributed by atoms with Crippen molar-refractivity contribution < 1.29 is 9.53 Å². The molecule has 5 rings (SSSR count). The second kappa shape index (κ2) is 14.5. The number of carbonyl (C=O) groups is 1. The summed E-state index contributed by atoms with van der Waals surface area (Å²) in [6.07, 6.45) is 3.16. The number of hydrogen-bond donors (Lipinski definition) is 1. The number of anilines is 1. The number of fused-ring (bicyclic) bond motifs is 1. The van der Waals surface area contributed by atoms with Crippen LogP contribution >= 0.6 is 12.4 Å². The maximum atomic E-state index is 14.0. The highest BCUT2D eigenvalue weighted by Crippen LogP contribution is 2.30. The zero-order chi connectivity index (χ0) is 27.7. The van der Waals surface area contributed by atoms with Gasteiger partial charge in [-0.3, -0.25) is 4.90 Å². The third kappa shape index (κ3) is 7.34. The standard InChI is InChI=1S/C34H36N4O2.ClH/c1-40-30-20-15-26(16-21-30)17-22-32-31-11-5-6-12-33(31)37(34(39)38(36-32)24-8-7-23-35)25-27-13-18-29(19-14-27)28-9-3-2-4-10-28;/h2-6,9-16,18-21H,7-8,17,22-25,35H2,1H3;1H. The number of unbranched alkanes of at least 4 members (excludes halogenated alkanes) is 1. The van der Waals surface area contributed by atoms with E-state index >= 15 is 0 Å². The maximum absolute atomic E-state index is 14.0. The molecule has 0 aliphatic carbocycles. The number of nitrogens with zero attached hydrogens (tertiary/aromatic N) is 3. The summed E-state index contributed by atoms with van der Waals surface area (Å²) >= 11 is 0. The van der Waals surface area contributed by atoms with Crippen LogP contribution in [0.2, 0.25) is 0 Å². The summed E-state index contributed by atoms with van der Waals surface area (Å²) in [5.74, 6) is 0.838. The molecule has 1 heterocycles. The molecule has 0 saturated carbocycles. The van der Waals surface area contributed by atoms with Gasteiger partial charge in [0.15, 0.2) is 0 Å². The van der Waals surface area contributed by atoms with Crippen molar-refractivity contribution >= 4 is 29.8 Å². The Kier molecular flexibility index (Phi) is 10.5. The van der Waals surface area contributed by atoms with E-state index < -0.39 is 0 Å². The molecule has 0 saturated heterocycles. The van der Waals surface area contributed by atoms with Gasteiger partial charge in [0.2, 0.25) is 0 Å². The molecule has 6 nitrogen and oxygen atoms in total. The summed E-state index contributed by atoms with van der Waals surface area (Å²) in [6, 6.07) is 34.9. The van der Waals surface area contributed by atoms with Crippen LogP contribution in [0.3, 0.4) is 0 Å². The van der Waals surface area contributed by atoms with Crippen LogP contribution < -0.4 is 15.4 Å². The van der Waals surface area contributed by atoms with Crippen molar-refractivity contribution in [2.45, 2.75) is 32.2 Å². The highest BCUT2D eigenvalue weighted by atomic mass is 35.5. The molecule has 0 atom stereocenters. The van der Waals surface area contributed by atoms with E-state index in [1.165, 1.54) is 11.1 Å². The minimum Gasteiger partial charge on any atom is -0.497 e. The Labute approximate surface area is 248 Å². The van der Waals surface area contributed by atoms with E-state index in [-0.39, 0.29) is 18.4 Å². The molecule has 212 valence electrons. The largest absolute Gasteiger partial charge is 0.497 e. The molecule has 4 aromatic carbocycles. The van der Waals surface area contributed by atoms with Crippen LogP contribution in [0.1, 0.15) is 36.0 Å². The molecule has 0 aromatic heterocycles. The smallest absolute Gasteiger partial charge is 0.345 e. The second-order valence-corrected chi connectivity index (χ2v) is 9.96. The van der Waals surface area contributed by atoms with Gasteiger partial charge in [-0.05, 0) is 72.7 Å². The van der Waals surface area contributed by atoms with E-state index in [9.17, 15) is 4.79 Å². The van der Waals surface area contributed by atoms with Gasteiger partial charge in [-0.2, -0.15) is 5.10 Å². The van der Waals surface area contributed by atoms with Crippen molar-refractivity contribution in [1.29, 1.82) is 0 Å². The third-order valence-corrected chi connectivity index (χ3v) is 7.23. The topological polar surface area (TPSA) is 71.2 Å². The summed E-state index contributed by atoms with van der Waals surface area (Å²) in [6.45, 7) is 1.58. The van der Waals surface area contributed by atoms with Gasteiger partial charge in [-0.25, -0.2) is 9.80 Å². The zero-order valence-electron chi connectivity index (χ0n) is 23.4. The van der Waals surface area contributed by atoms with Crippen LogP contribution in [-0.2, 0) is 13.0 Å². The molecule has 0 unspecified atom stereocenters. The summed E-state index contributed by atoms with van der Waals surface area (Å²) in [4.78, 5) is 15.8. The van der Waals surface area contributed by atoms with Crippen LogP contribution in [-0.4, -0.2) is 37.0 Å². The maximum Gasteiger partial charge on any atom is 0.345 e. The normalized spacial score (nSPS) is 12.7. The summed E-state index contributed by atoms with van der Waals surface area (Å²) < 4.78 is 5.31. The van der Waals surface area contributed by atoms with Crippen LogP contribution in [0.25, 0.3) is 11.1 Å². The number of ether oxygens (including phenoxy) is 1. The first kappa shape index (κ1) is 29.8. The van der Waals surface area contributed by atoms with Gasteiger partial charge in [-0.1, -0.05) is 84.9 Å². The minimum atomic E-state index is -0.115. The third-order valence-electron chi connectivity index (χ3n) is 7.23. The Bertz CT molecular complexity index is 1440. The van der Waals surface area contributed by atoms with E-state index in [1.54, 1.807) is 12.1 Å². The van der Waals surface area contributed by atoms with E-state index in [4.69, 9.17) is 15.6 Å². The summed E-state index contributed by atoms with van der Waals surface area (Å²) in [5, 5.41) is 6.59. The van der Waals surface area contributed by atoms with E-state index in [0.717, 1.165) is 53.1 Å². The van der Waals surface area contributed by atoms with Crippen LogP contribution in [0.4, 0.5) is 10.5 Å². The Hall–Kier alpha value is -4.13. The molecule has 0 spiro atoms. The van der Waals surface area contributed by atoms with Gasteiger partial charge in [-0.15, -0.1) is 12.4 Å². The average molecular weight is 569 g/mol. The first-order valence-electron chi connectivity index (χ1n) is 13.9. The molecule has 0 fully saturated rings. The molecule has 41 heavy (non-hydrogen) atoms. The number of carbonyl (C=O) groups excluding carboxylic acids is 1. The number of benzene rings is 4. The molecular formula is C34H37ClN4O2. The number of hydrazone groups is 1. The van der Waals surface area contributed by atoms with E-state index in [1.807, 2.05) is 53.4 Å². The lowest BCUT2D eigenvalue weighted by Crippen LogP contribution is -2.40. The fourth-order valence-corrected chi connectivity index (χ4v) is 5.00. The summed E-state index contributed by atoms with van der Waals surface area (Å²) in [7, 11) is 1.67. The zero-order valence-corrected chi connectivity index (χ0v) is 24.2. The molecule has 4 aromatic rings. The van der Waals surface area contributed by atoms with Crippen LogP contribution in [0.5, 0.6) is 5.75 Å². The Balaban J connectivity index is 0.00000387. The number of halogens is 1. The van der Waals surface area contributed by atoms with Crippen molar-refractivity contribution in [3.8, 4) is 16.9 Å². The Morgan fingerprint density at radius 1 is 0.756 bits per heavy atom. The molecule has 7 heteroatoms. The molecular weight excluding hydrogens is 532 g/mol. The van der Waals surface area contributed by atoms with E-state index in [0.29, 0.717) is 26.1 Å². The number of nitrogens with two attached hydrogens (primary N) is 1. The van der Waals surface area contributed by atoms with E-state index in [2.05, 4.69) is 54.6 Å². The van der Waals surface area contributed by atoms with Crippen LogP contribution in [0, 0.1) is 0 Å². The highest BCUT2D eigenvalue weighted by molar-refractivity contribution is 6.10. The Morgan fingerprint density at radius 2 is 1.41 bits per heavy atom. The SMILES string of the molecule is COc1ccc(CCC2=NN(CCCCN)C(=O)N(Cc3ccc(-c4ccccc4)cc3)c3ccccc32)cc1.Cl. The van der Waals surface area contributed by atoms with Crippen molar-refractivity contribution in [1.82, 2.24) is 5.01 Å². The Morgan fingerprint density at radius 3 is 2.12 bits per heavy atom. The molecule has 2 amide bonds. The summed E-state index contributed by atoms with van der Waals surface area (Å²) in [5.41, 5.74) is 13.1. The second-order valence-electron chi connectivity index (χ2n) is 9.96. The lowest BCUT2D eigenvalue weighted by molar-refractivity contribution is 0.206. The highest BCUT2D eigenvalue weighted by Gasteiger charge is 2.29. The lowest BCUT2D eigenvalue weighted by Gasteiger charge is -2.27. The first-order chi connectivity index (χ1) is 19.7. The fourth-order valence-electron chi connectivity index (χ4n) is 5.00. The monoisotopic (exact) mass is 568 g/mol. The van der Waals surface area contributed by atoms with Crippen molar-refractivity contribution in [3.05, 3.63) is 120 Å². The fraction of sp³-hybridized carbons (Fsp3) is 0.235. The van der Waals surface area contributed by atoms with Crippen molar-refractivity contribution in [2.24, 2.45) is 10.8 Å². The lowest BCUT2D eigenvalue weighted by atomic mass is 9.99. The van der Waals surface area contributed by atoms with Gasteiger partial charge in [0.05, 0.1) is 25.1 Å². The number of methoxy groups -OCH3 is 1. The number of hydrogen-bond acceptors (Lipinski definition) is 4. The number of aryl methyl sites for hydroxylation is 1. The predicted octanol–water partition coefficient (Wildman–Crippen LogP) is 7.30. The predicted molar refractivity (Wildman–Crippen MR) is 170 cm³/mol. The van der Waals surface area contributed by atoms with Gasteiger partial charge in [0.1, 0.15) is 5.75 Å². The number of amides is 2. The number of rotatable bonds is 11. The average Bonchev–Trinajstić information content (AvgIpc) is 3.12. The van der Waals surface area contributed by atoms with Gasteiger partial charge in [0.25, 0.3) is 0 Å². The van der Waals surface area contributed by atoms with Crippen molar-refractivity contribution in [3.63, 3.8) is 0 Å². The van der Waals surface area contributed by atoms with Crippen LogP contribution in [0.15, 0.2) is 108 Å². The molecule has 0 radical (unpaired) electrons. The van der Waals surface area contributed by atoms with Crippen molar-refractivity contribution in [2.75, 3.05) is 25.1 Å². The minimum absolute atomic E-state index is 0. The first-order valence-corrected chi connectivity index (χ1v) is 13.9. The number of urea groups is 1. The van der Waals surface area contributed by atoms with Gasteiger partial charge in [0, 0.05) is 12.1 Å². The molecule has 2 N–H and O–H groups in total. The van der Waals surface area contributed by atoms with Gasteiger partial charge < -0.3 is 10.5 Å². The van der Waals surface area contributed by atoms with Gasteiger partial charge >= 0.3 is 6.03 Å². The quantitative estimate of drug-likeness (QED) is 0.193. The molecule has 1 aliphatic rings. The molecule has 0 bridgehead atoms.